The zero-order valence-electron chi connectivity index (χ0n) is 19.4. The molecule has 0 fully saturated rings. The molecule has 1 aromatic heterocycles. The van der Waals surface area contributed by atoms with E-state index >= 15 is 0 Å². The fourth-order valence-corrected chi connectivity index (χ4v) is 5.45. The highest BCUT2D eigenvalue weighted by Gasteiger charge is 2.50. The van der Waals surface area contributed by atoms with Crippen molar-refractivity contribution in [1.82, 2.24) is 14.7 Å². The van der Waals surface area contributed by atoms with Crippen molar-refractivity contribution < 1.29 is 34.8 Å². The van der Waals surface area contributed by atoms with Crippen molar-refractivity contribution in [2.24, 2.45) is 0 Å². The minimum absolute atomic E-state index is 0.0513. The molecule has 5 atom stereocenters. The van der Waals surface area contributed by atoms with Crippen LogP contribution in [0.5, 0.6) is 0 Å². The summed E-state index contributed by atoms with van der Waals surface area (Å²) < 4.78 is 7.42. The van der Waals surface area contributed by atoms with E-state index in [1.807, 2.05) is 0 Å². The number of aromatic nitrogens is 2. The van der Waals surface area contributed by atoms with Gasteiger partial charge in [-0.05, 0) is 45.8 Å². The third kappa shape index (κ3) is 4.22. The number of halogens is 2. The van der Waals surface area contributed by atoms with Crippen LogP contribution in [0.25, 0.3) is 10.9 Å². The van der Waals surface area contributed by atoms with Gasteiger partial charge in [-0.3, -0.25) is 4.79 Å². The largest absolute Gasteiger partial charge is 0.478 e. The first-order valence-electron chi connectivity index (χ1n) is 11.4. The number of hydrogen-bond donors (Lipinski definition) is 4. The number of ether oxygens (including phenoxy) is 1. The summed E-state index contributed by atoms with van der Waals surface area (Å²) in [6.45, 7) is -0.755. The number of carboxylic acids is 1. The van der Waals surface area contributed by atoms with Crippen LogP contribution < -0.4 is 0 Å². The van der Waals surface area contributed by atoms with E-state index in [9.17, 15) is 35.3 Å². The van der Waals surface area contributed by atoms with Gasteiger partial charge in [-0.1, -0.05) is 29.8 Å². The molecule has 0 radical (unpaired) electrons. The van der Waals surface area contributed by atoms with Gasteiger partial charge in [-0.15, -0.1) is 0 Å². The lowest BCUT2D eigenvalue weighted by Crippen LogP contribution is -2.59. The number of aliphatic carboxylic acids is 1. The topological polar surface area (TPSA) is 169 Å². The van der Waals surface area contributed by atoms with Crippen molar-refractivity contribution in [3.8, 4) is 6.07 Å². The molecule has 0 aliphatic carbocycles. The van der Waals surface area contributed by atoms with E-state index in [2.05, 4.69) is 27.1 Å². The van der Waals surface area contributed by atoms with Crippen molar-refractivity contribution in [3.63, 3.8) is 0 Å². The predicted octanol–water partition coefficient (Wildman–Crippen LogP) is 1.97. The number of nitrogens with zero attached hydrogens (tertiary/aromatic N) is 4. The molecule has 3 aromatic rings. The van der Waals surface area contributed by atoms with Crippen LogP contribution in [0.2, 0.25) is 5.02 Å². The lowest BCUT2D eigenvalue weighted by atomic mass is 9.90. The minimum Gasteiger partial charge on any atom is -0.478 e. The summed E-state index contributed by atoms with van der Waals surface area (Å²) in [5, 5.41) is 55.9. The van der Waals surface area contributed by atoms with Gasteiger partial charge in [0.05, 0.1) is 29.2 Å². The van der Waals surface area contributed by atoms with E-state index in [1.54, 1.807) is 30.3 Å². The Morgan fingerprint density at radius 3 is 2.71 bits per heavy atom. The number of aliphatic hydroxyl groups is 3. The summed E-state index contributed by atoms with van der Waals surface area (Å²) in [5.41, 5.74) is 1.50. The van der Waals surface area contributed by atoms with Gasteiger partial charge in [0.2, 0.25) is 5.76 Å². The second-order valence-electron chi connectivity index (χ2n) is 8.92. The summed E-state index contributed by atoms with van der Waals surface area (Å²) >= 11 is 9.57. The Bertz CT molecular complexity index is 1530. The highest BCUT2D eigenvalue weighted by atomic mass is 79.9. The van der Waals surface area contributed by atoms with Gasteiger partial charge in [0.25, 0.3) is 5.91 Å². The van der Waals surface area contributed by atoms with Crippen LogP contribution in [0, 0.1) is 11.3 Å². The maximum atomic E-state index is 13.5. The zero-order valence-corrected chi connectivity index (χ0v) is 21.7. The Hall–Kier alpha value is -3.47. The molecule has 2 aromatic carbocycles. The highest BCUT2D eigenvalue weighted by Crippen LogP contribution is 2.39. The monoisotopic (exact) mass is 602 g/mol. The molecular weight excluding hydrogens is 584 g/mol. The van der Waals surface area contributed by atoms with Gasteiger partial charge in [0.1, 0.15) is 24.0 Å². The molecule has 0 saturated heterocycles. The molecule has 0 saturated carbocycles. The Kier molecular flexibility index (Phi) is 6.89. The van der Waals surface area contributed by atoms with E-state index in [1.165, 1.54) is 21.7 Å². The maximum Gasteiger partial charge on any atom is 0.370 e. The molecule has 0 unspecified atom stereocenters. The lowest BCUT2D eigenvalue weighted by molar-refractivity contribution is -0.149. The van der Waals surface area contributed by atoms with Crippen LogP contribution in [0.15, 0.2) is 52.7 Å². The van der Waals surface area contributed by atoms with Gasteiger partial charge in [-0.25, -0.2) is 9.48 Å². The van der Waals surface area contributed by atoms with E-state index in [-0.39, 0.29) is 12.2 Å². The molecule has 38 heavy (non-hydrogen) atoms. The normalized spacial score (nSPS) is 22.4. The minimum atomic E-state index is -1.80. The standard InChI is InChI=1S/C25H20BrClN4O7/c26-14-5-13-16(6-15(14)27)29-31(18(13)8-28)17-7-20(25(36)37)38-23(22(34)19(33)10-32)21(17)30-9-11-3-1-2-4-12(11)24(30)35/h1-7,17,19,21-23,32-34H,9-10H2,(H,36,37)/t17-,19+,21+,22+,23+/m0/s1. The van der Waals surface area contributed by atoms with E-state index in [0.29, 0.717) is 31.5 Å². The zero-order chi connectivity index (χ0) is 27.3. The smallest absolute Gasteiger partial charge is 0.370 e. The fourth-order valence-electron chi connectivity index (χ4n) is 4.94. The van der Waals surface area contributed by atoms with Crippen molar-refractivity contribution in [1.29, 1.82) is 5.26 Å². The van der Waals surface area contributed by atoms with E-state index in [4.69, 9.17) is 16.3 Å². The highest BCUT2D eigenvalue weighted by molar-refractivity contribution is 9.10. The number of aliphatic hydroxyl groups excluding tert-OH is 3. The fraction of sp³-hybridized carbons (Fsp3) is 0.280. The lowest BCUT2D eigenvalue weighted by Gasteiger charge is -2.43. The van der Waals surface area contributed by atoms with Crippen LogP contribution in [0.3, 0.4) is 0 Å². The van der Waals surface area contributed by atoms with E-state index < -0.39 is 54.6 Å². The van der Waals surface area contributed by atoms with E-state index in [0.717, 1.165) is 0 Å². The third-order valence-corrected chi connectivity index (χ3v) is 7.93. The molecule has 1 amide bonds. The van der Waals surface area contributed by atoms with Crippen molar-refractivity contribution in [2.45, 2.75) is 36.9 Å². The van der Waals surface area contributed by atoms with Crippen LogP contribution in [0.4, 0.5) is 0 Å². The van der Waals surface area contributed by atoms with Crippen molar-refractivity contribution in [3.05, 3.63) is 74.5 Å². The van der Waals surface area contributed by atoms with Crippen molar-refractivity contribution >= 4 is 50.3 Å². The second-order valence-corrected chi connectivity index (χ2v) is 10.2. The number of nitriles is 1. The van der Waals surface area contributed by atoms with Crippen molar-refractivity contribution in [2.75, 3.05) is 6.61 Å². The van der Waals surface area contributed by atoms with Gasteiger partial charge in [-0.2, -0.15) is 10.4 Å². The number of carbonyl (C=O) groups excluding carboxylic acids is 1. The van der Waals surface area contributed by atoms with Gasteiger partial charge in [0.15, 0.2) is 6.10 Å². The number of hydrogen-bond acceptors (Lipinski definition) is 8. The first-order valence-corrected chi connectivity index (χ1v) is 12.6. The second kappa shape index (κ2) is 10.0. The molecule has 2 aliphatic rings. The Balaban J connectivity index is 1.74. The number of carbonyl (C=O) groups is 2. The summed E-state index contributed by atoms with van der Waals surface area (Å²) in [5.74, 6) is -2.46. The third-order valence-electron chi connectivity index (χ3n) is 6.74. The Morgan fingerprint density at radius 2 is 2.05 bits per heavy atom. The number of carboxylic acid groups (broad SMARTS) is 1. The first-order chi connectivity index (χ1) is 18.2. The number of benzene rings is 2. The molecule has 2 aliphatic heterocycles. The van der Waals surface area contributed by atoms with Crippen LogP contribution in [-0.2, 0) is 16.1 Å². The molecule has 196 valence electrons. The van der Waals surface area contributed by atoms with Gasteiger partial charge in [0, 0.05) is 22.0 Å². The number of fused-ring (bicyclic) bond motifs is 2. The first kappa shape index (κ1) is 26.1. The predicted molar refractivity (Wildman–Crippen MR) is 136 cm³/mol. The Morgan fingerprint density at radius 1 is 1.32 bits per heavy atom. The van der Waals surface area contributed by atoms with Crippen LogP contribution in [-0.4, -0.2) is 77.9 Å². The summed E-state index contributed by atoms with van der Waals surface area (Å²) in [6, 6.07) is 9.84. The SMILES string of the molecule is N#Cc1c2cc(Br)c(Cl)cc2nn1[C@H]1C=C(C(=O)O)O[C@@H]([C@H](O)[C@H](O)CO)[C@@H]1N1Cc2ccccc2C1=O. The molecule has 4 N–H and O–H groups in total. The molecule has 0 spiro atoms. The van der Waals surface area contributed by atoms with Gasteiger partial charge < -0.3 is 30.1 Å². The molecule has 3 heterocycles. The van der Waals surface area contributed by atoms with Gasteiger partial charge >= 0.3 is 5.97 Å². The summed E-state index contributed by atoms with van der Waals surface area (Å²) in [7, 11) is 0. The summed E-state index contributed by atoms with van der Waals surface area (Å²) in [6.07, 6.45) is -3.81. The average molecular weight is 604 g/mol. The molecule has 11 nitrogen and oxygen atoms in total. The quantitative estimate of drug-likeness (QED) is 0.329. The summed E-state index contributed by atoms with van der Waals surface area (Å²) in [4.78, 5) is 27.0. The molecular formula is C25H20BrClN4O7. The molecule has 13 heteroatoms. The maximum absolute atomic E-state index is 13.5. The molecule has 5 rings (SSSR count). The number of rotatable bonds is 6. The molecule has 0 bridgehead atoms. The van der Waals surface area contributed by atoms with Crippen LogP contribution >= 0.6 is 27.5 Å². The van der Waals surface area contributed by atoms with Crippen LogP contribution in [0.1, 0.15) is 27.7 Å². The number of amides is 1. The Labute approximate surface area is 228 Å². The average Bonchev–Trinajstić information content (AvgIpc) is 3.43.